The number of carbonyl (C=O) groups excluding carboxylic acids is 1. The summed E-state index contributed by atoms with van der Waals surface area (Å²) in [6.45, 7) is 3.98. The fraction of sp³-hybridized carbons (Fsp3) is 0.235. The summed E-state index contributed by atoms with van der Waals surface area (Å²) in [5.74, 6) is 0.863. The normalized spacial score (nSPS) is 10.2. The third-order valence-electron chi connectivity index (χ3n) is 3.33. The van der Waals surface area contributed by atoms with Gasteiger partial charge in [0.15, 0.2) is 11.5 Å². The van der Waals surface area contributed by atoms with Gasteiger partial charge in [0.1, 0.15) is 0 Å². The molecule has 5 heteroatoms. The van der Waals surface area contributed by atoms with Crippen molar-refractivity contribution in [2.24, 2.45) is 0 Å². The van der Waals surface area contributed by atoms with E-state index >= 15 is 0 Å². The number of ether oxygens (including phenoxy) is 2. The molecule has 0 radical (unpaired) electrons. The number of halogens is 1. The zero-order chi connectivity index (χ0) is 16.3. The Morgan fingerprint density at radius 1 is 1.09 bits per heavy atom. The zero-order valence-electron chi connectivity index (χ0n) is 13.0. The number of carbonyl (C=O) groups is 1. The number of benzene rings is 2. The first-order valence-electron chi connectivity index (χ1n) is 6.76. The topological polar surface area (TPSA) is 47.6 Å². The molecule has 2 rings (SSSR count). The third-order valence-corrected chi connectivity index (χ3v) is 3.91. The van der Waals surface area contributed by atoms with Crippen molar-refractivity contribution in [2.75, 3.05) is 19.5 Å². The Kier molecular flexibility index (Phi) is 5.08. The highest BCUT2D eigenvalue weighted by Gasteiger charge is 2.15. The molecule has 116 valence electrons. The monoisotopic (exact) mass is 363 g/mol. The Hall–Kier alpha value is -2.01. The SMILES string of the molecule is COc1cc(C(=O)Nc2ccc(C)cc2C)cc(Br)c1OC. The van der Waals surface area contributed by atoms with E-state index in [-0.39, 0.29) is 5.91 Å². The number of methoxy groups -OCH3 is 2. The van der Waals surface area contributed by atoms with Gasteiger partial charge in [-0.25, -0.2) is 0 Å². The fourth-order valence-electron chi connectivity index (χ4n) is 2.20. The van der Waals surface area contributed by atoms with Crippen LogP contribution in [0.5, 0.6) is 11.5 Å². The Balaban J connectivity index is 2.31. The Labute approximate surface area is 138 Å². The van der Waals surface area contributed by atoms with Gasteiger partial charge in [-0.15, -0.1) is 0 Å². The Morgan fingerprint density at radius 2 is 1.82 bits per heavy atom. The summed E-state index contributed by atoms with van der Waals surface area (Å²) in [4.78, 5) is 12.4. The largest absolute Gasteiger partial charge is 0.493 e. The van der Waals surface area contributed by atoms with Gasteiger partial charge in [0.2, 0.25) is 0 Å². The molecule has 0 aliphatic rings. The summed E-state index contributed by atoms with van der Waals surface area (Å²) in [6.07, 6.45) is 0. The van der Waals surface area contributed by atoms with E-state index in [1.165, 1.54) is 7.11 Å². The lowest BCUT2D eigenvalue weighted by Gasteiger charge is -2.13. The molecule has 2 aromatic rings. The molecule has 0 aliphatic heterocycles. The number of nitrogens with one attached hydrogen (secondary N) is 1. The van der Waals surface area contributed by atoms with Crippen LogP contribution in [0.15, 0.2) is 34.8 Å². The number of anilines is 1. The van der Waals surface area contributed by atoms with Crippen LogP contribution in [0.4, 0.5) is 5.69 Å². The third kappa shape index (κ3) is 3.42. The molecule has 0 aliphatic carbocycles. The lowest BCUT2D eigenvalue weighted by molar-refractivity contribution is 0.102. The minimum atomic E-state index is -0.200. The van der Waals surface area contributed by atoms with Crippen LogP contribution < -0.4 is 14.8 Å². The van der Waals surface area contributed by atoms with Crippen molar-refractivity contribution < 1.29 is 14.3 Å². The maximum Gasteiger partial charge on any atom is 0.255 e. The van der Waals surface area contributed by atoms with Crippen LogP contribution in [0, 0.1) is 13.8 Å². The first-order chi connectivity index (χ1) is 10.5. The van der Waals surface area contributed by atoms with Gasteiger partial charge in [-0.1, -0.05) is 17.7 Å². The molecular weight excluding hydrogens is 346 g/mol. The van der Waals surface area contributed by atoms with Gasteiger partial charge in [0.05, 0.1) is 18.7 Å². The smallest absolute Gasteiger partial charge is 0.255 e. The predicted octanol–water partition coefficient (Wildman–Crippen LogP) is 4.34. The second-order valence-electron chi connectivity index (χ2n) is 4.97. The average molecular weight is 364 g/mol. The Morgan fingerprint density at radius 3 is 2.41 bits per heavy atom. The summed E-state index contributed by atoms with van der Waals surface area (Å²) >= 11 is 3.39. The maximum atomic E-state index is 12.4. The van der Waals surface area contributed by atoms with Gasteiger partial charge in [-0.05, 0) is 53.5 Å². The summed E-state index contributed by atoms with van der Waals surface area (Å²) in [5, 5.41) is 2.91. The quantitative estimate of drug-likeness (QED) is 0.878. The standard InChI is InChI=1S/C17H18BrNO3/c1-10-5-6-14(11(2)7-10)19-17(20)12-8-13(18)16(22-4)15(9-12)21-3/h5-9H,1-4H3,(H,19,20). The fourth-order valence-corrected chi connectivity index (χ4v) is 2.80. The highest BCUT2D eigenvalue weighted by molar-refractivity contribution is 9.10. The number of amides is 1. The van der Waals surface area contributed by atoms with Crippen LogP contribution in [0.2, 0.25) is 0 Å². The summed E-state index contributed by atoms with van der Waals surface area (Å²) < 4.78 is 11.2. The summed E-state index contributed by atoms with van der Waals surface area (Å²) in [5.41, 5.74) is 3.46. The number of hydrogen-bond acceptors (Lipinski definition) is 3. The number of hydrogen-bond donors (Lipinski definition) is 1. The van der Waals surface area contributed by atoms with Gasteiger partial charge in [-0.2, -0.15) is 0 Å². The van der Waals surface area contributed by atoms with E-state index in [2.05, 4.69) is 21.2 Å². The molecule has 0 fully saturated rings. The van der Waals surface area contributed by atoms with E-state index in [0.717, 1.165) is 16.8 Å². The van der Waals surface area contributed by atoms with Crippen molar-refractivity contribution in [1.82, 2.24) is 0 Å². The van der Waals surface area contributed by atoms with Crippen LogP contribution in [-0.2, 0) is 0 Å². The van der Waals surface area contributed by atoms with Crippen molar-refractivity contribution in [3.05, 3.63) is 51.5 Å². The van der Waals surface area contributed by atoms with Crippen molar-refractivity contribution >= 4 is 27.5 Å². The Bertz CT molecular complexity index is 713. The first-order valence-corrected chi connectivity index (χ1v) is 7.55. The van der Waals surface area contributed by atoms with Crippen LogP contribution in [0.3, 0.4) is 0 Å². The van der Waals surface area contributed by atoms with Gasteiger partial charge in [0, 0.05) is 11.3 Å². The van der Waals surface area contributed by atoms with Crippen molar-refractivity contribution in [2.45, 2.75) is 13.8 Å². The van der Waals surface area contributed by atoms with E-state index in [0.29, 0.717) is 21.5 Å². The molecular formula is C17H18BrNO3. The van der Waals surface area contributed by atoms with E-state index in [9.17, 15) is 4.79 Å². The molecule has 0 spiro atoms. The minimum Gasteiger partial charge on any atom is -0.493 e. The zero-order valence-corrected chi connectivity index (χ0v) is 14.6. The molecule has 22 heavy (non-hydrogen) atoms. The highest BCUT2D eigenvalue weighted by atomic mass is 79.9. The molecule has 1 N–H and O–H groups in total. The molecule has 4 nitrogen and oxygen atoms in total. The second-order valence-corrected chi connectivity index (χ2v) is 5.82. The maximum absolute atomic E-state index is 12.4. The first kappa shape index (κ1) is 16.4. The predicted molar refractivity (Wildman–Crippen MR) is 91.1 cm³/mol. The lowest BCUT2D eigenvalue weighted by atomic mass is 10.1. The molecule has 0 bridgehead atoms. The van der Waals surface area contributed by atoms with Crippen molar-refractivity contribution in [3.63, 3.8) is 0 Å². The average Bonchev–Trinajstić information content (AvgIpc) is 2.49. The molecule has 0 saturated carbocycles. The van der Waals surface area contributed by atoms with E-state index in [4.69, 9.17) is 9.47 Å². The van der Waals surface area contributed by atoms with Crippen molar-refractivity contribution in [3.8, 4) is 11.5 Å². The van der Waals surface area contributed by atoms with Crippen LogP contribution >= 0.6 is 15.9 Å². The van der Waals surface area contributed by atoms with E-state index in [1.54, 1.807) is 19.2 Å². The van der Waals surface area contributed by atoms with Crippen LogP contribution in [0.1, 0.15) is 21.5 Å². The highest BCUT2D eigenvalue weighted by Crippen LogP contribution is 2.36. The number of rotatable bonds is 4. The molecule has 2 aromatic carbocycles. The number of aryl methyl sites for hydroxylation is 2. The molecule has 0 unspecified atom stereocenters. The van der Waals surface area contributed by atoms with Gasteiger partial charge >= 0.3 is 0 Å². The van der Waals surface area contributed by atoms with Crippen LogP contribution in [-0.4, -0.2) is 20.1 Å². The molecule has 0 aromatic heterocycles. The van der Waals surface area contributed by atoms with Gasteiger partial charge in [-0.3, -0.25) is 4.79 Å². The van der Waals surface area contributed by atoms with Crippen LogP contribution in [0.25, 0.3) is 0 Å². The molecule has 0 atom stereocenters. The van der Waals surface area contributed by atoms with E-state index in [1.807, 2.05) is 32.0 Å². The minimum absolute atomic E-state index is 0.200. The molecule has 0 saturated heterocycles. The van der Waals surface area contributed by atoms with E-state index < -0.39 is 0 Å². The summed E-state index contributed by atoms with van der Waals surface area (Å²) in [6, 6.07) is 9.26. The molecule has 0 heterocycles. The summed E-state index contributed by atoms with van der Waals surface area (Å²) in [7, 11) is 3.09. The molecule has 1 amide bonds. The second kappa shape index (κ2) is 6.83. The van der Waals surface area contributed by atoms with Gasteiger partial charge < -0.3 is 14.8 Å². The van der Waals surface area contributed by atoms with Gasteiger partial charge in [0.25, 0.3) is 5.91 Å². The van der Waals surface area contributed by atoms with Crippen molar-refractivity contribution in [1.29, 1.82) is 0 Å². The lowest BCUT2D eigenvalue weighted by Crippen LogP contribution is -2.13.